The van der Waals surface area contributed by atoms with Crippen LogP contribution in [-0.4, -0.2) is 27.5 Å². The average molecular weight is 391 g/mol. The van der Waals surface area contributed by atoms with Crippen molar-refractivity contribution in [3.8, 4) is 5.75 Å². The SMILES string of the molecule is COc1ccc(CC(=O)NCc2ccccc2CS(=O)(=O)NC(C)C)cc1. The van der Waals surface area contributed by atoms with Crippen molar-refractivity contribution in [2.45, 2.75) is 38.6 Å². The zero-order chi connectivity index (χ0) is 19.9. The molecule has 0 aliphatic heterocycles. The minimum atomic E-state index is -3.42. The van der Waals surface area contributed by atoms with Crippen LogP contribution >= 0.6 is 0 Å². The van der Waals surface area contributed by atoms with E-state index in [-0.39, 0.29) is 30.7 Å². The van der Waals surface area contributed by atoms with Gasteiger partial charge < -0.3 is 10.1 Å². The molecule has 2 aromatic rings. The molecule has 0 aliphatic carbocycles. The molecule has 0 heterocycles. The summed E-state index contributed by atoms with van der Waals surface area (Å²) in [6.07, 6.45) is 0.249. The topological polar surface area (TPSA) is 84.5 Å². The molecule has 27 heavy (non-hydrogen) atoms. The largest absolute Gasteiger partial charge is 0.497 e. The lowest BCUT2D eigenvalue weighted by Gasteiger charge is -2.13. The number of nitrogens with one attached hydrogen (secondary N) is 2. The van der Waals surface area contributed by atoms with Gasteiger partial charge in [-0.2, -0.15) is 0 Å². The van der Waals surface area contributed by atoms with Crippen LogP contribution in [-0.2, 0) is 33.5 Å². The van der Waals surface area contributed by atoms with Crippen LogP contribution in [0.15, 0.2) is 48.5 Å². The third-order valence-corrected chi connectivity index (χ3v) is 5.40. The van der Waals surface area contributed by atoms with Crippen molar-refractivity contribution < 1.29 is 17.9 Å². The average Bonchev–Trinajstić information content (AvgIpc) is 2.60. The fourth-order valence-electron chi connectivity index (χ4n) is 2.66. The van der Waals surface area contributed by atoms with Crippen LogP contribution in [0.3, 0.4) is 0 Å². The molecule has 0 saturated heterocycles. The van der Waals surface area contributed by atoms with E-state index in [0.29, 0.717) is 5.56 Å². The van der Waals surface area contributed by atoms with Gasteiger partial charge in [-0.1, -0.05) is 36.4 Å². The van der Waals surface area contributed by atoms with Crippen molar-refractivity contribution in [1.82, 2.24) is 10.0 Å². The second kappa shape index (κ2) is 9.53. The number of carbonyl (C=O) groups excluding carboxylic acids is 1. The molecule has 146 valence electrons. The maximum Gasteiger partial charge on any atom is 0.224 e. The van der Waals surface area contributed by atoms with Gasteiger partial charge in [0.2, 0.25) is 15.9 Å². The van der Waals surface area contributed by atoms with E-state index < -0.39 is 10.0 Å². The van der Waals surface area contributed by atoms with Crippen molar-refractivity contribution in [3.63, 3.8) is 0 Å². The van der Waals surface area contributed by atoms with Crippen molar-refractivity contribution in [1.29, 1.82) is 0 Å². The van der Waals surface area contributed by atoms with Gasteiger partial charge in [-0.3, -0.25) is 4.79 Å². The zero-order valence-corrected chi connectivity index (χ0v) is 16.7. The molecule has 0 radical (unpaired) electrons. The Hall–Kier alpha value is -2.38. The fraction of sp³-hybridized carbons (Fsp3) is 0.350. The van der Waals surface area contributed by atoms with E-state index in [0.717, 1.165) is 16.9 Å². The lowest BCUT2D eigenvalue weighted by atomic mass is 10.1. The number of ether oxygens (including phenoxy) is 1. The molecule has 0 bridgehead atoms. The Bertz CT molecular complexity index is 862. The minimum absolute atomic E-state index is 0.115. The van der Waals surface area contributed by atoms with Gasteiger partial charge in [-0.05, 0) is 42.7 Å². The first-order valence-corrected chi connectivity index (χ1v) is 10.4. The van der Waals surface area contributed by atoms with Gasteiger partial charge in [0.15, 0.2) is 0 Å². The minimum Gasteiger partial charge on any atom is -0.497 e. The van der Waals surface area contributed by atoms with E-state index in [1.54, 1.807) is 33.1 Å². The van der Waals surface area contributed by atoms with E-state index >= 15 is 0 Å². The molecule has 0 saturated carbocycles. The highest BCUT2D eigenvalue weighted by Gasteiger charge is 2.15. The van der Waals surface area contributed by atoms with Crippen molar-refractivity contribution in [2.75, 3.05) is 7.11 Å². The number of hydrogen-bond donors (Lipinski definition) is 2. The maximum absolute atomic E-state index is 12.2. The van der Waals surface area contributed by atoms with E-state index in [1.807, 2.05) is 36.4 Å². The molecule has 0 atom stereocenters. The molecule has 0 fully saturated rings. The summed E-state index contributed by atoms with van der Waals surface area (Å²) in [5, 5.41) is 2.86. The molecule has 1 amide bonds. The van der Waals surface area contributed by atoms with Crippen LogP contribution in [0.2, 0.25) is 0 Å². The van der Waals surface area contributed by atoms with Crippen LogP contribution < -0.4 is 14.8 Å². The molecule has 0 aliphatic rings. The highest BCUT2D eigenvalue weighted by molar-refractivity contribution is 7.88. The van der Waals surface area contributed by atoms with Crippen molar-refractivity contribution in [2.24, 2.45) is 0 Å². The highest BCUT2D eigenvalue weighted by Crippen LogP contribution is 2.14. The van der Waals surface area contributed by atoms with E-state index in [4.69, 9.17) is 4.74 Å². The Kier molecular flexibility index (Phi) is 7.38. The van der Waals surface area contributed by atoms with Crippen LogP contribution in [0, 0.1) is 0 Å². The van der Waals surface area contributed by atoms with E-state index in [2.05, 4.69) is 10.0 Å². The third-order valence-electron chi connectivity index (χ3n) is 3.88. The predicted molar refractivity (Wildman–Crippen MR) is 106 cm³/mol. The highest BCUT2D eigenvalue weighted by atomic mass is 32.2. The standard InChI is InChI=1S/C20H26N2O4S/c1-15(2)22-27(24,25)14-18-7-5-4-6-17(18)13-21-20(23)12-16-8-10-19(26-3)11-9-16/h4-11,15,22H,12-14H2,1-3H3,(H,21,23). The summed E-state index contributed by atoms with van der Waals surface area (Å²) < 4.78 is 32.0. The molecule has 7 heteroatoms. The first-order valence-electron chi connectivity index (χ1n) is 8.75. The molecule has 2 aromatic carbocycles. The zero-order valence-electron chi connectivity index (χ0n) is 15.9. The number of hydrogen-bond acceptors (Lipinski definition) is 4. The first-order chi connectivity index (χ1) is 12.8. The first kappa shape index (κ1) is 20.9. The number of amides is 1. The van der Waals surface area contributed by atoms with Crippen LogP contribution in [0.25, 0.3) is 0 Å². The predicted octanol–water partition coefficient (Wildman–Crippen LogP) is 2.38. The summed E-state index contributed by atoms with van der Waals surface area (Å²) >= 11 is 0. The number of benzene rings is 2. The van der Waals surface area contributed by atoms with Gasteiger partial charge >= 0.3 is 0 Å². The van der Waals surface area contributed by atoms with E-state index in [1.165, 1.54) is 0 Å². The van der Waals surface area contributed by atoms with E-state index in [9.17, 15) is 13.2 Å². The molecular weight excluding hydrogens is 364 g/mol. The molecule has 2 rings (SSSR count). The number of carbonyl (C=O) groups is 1. The summed E-state index contributed by atoms with van der Waals surface area (Å²) in [7, 11) is -1.83. The summed E-state index contributed by atoms with van der Waals surface area (Å²) in [6, 6.07) is 14.4. The molecule has 0 unspecified atom stereocenters. The van der Waals surface area contributed by atoms with Gasteiger partial charge in [-0.15, -0.1) is 0 Å². The van der Waals surface area contributed by atoms with Crippen LogP contribution in [0.1, 0.15) is 30.5 Å². The quantitative estimate of drug-likeness (QED) is 0.689. The summed E-state index contributed by atoms with van der Waals surface area (Å²) in [5.74, 6) is 0.498. The van der Waals surface area contributed by atoms with Crippen molar-refractivity contribution >= 4 is 15.9 Å². The molecular formula is C20H26N2O4S. The number of rotatable bonds is 9. The van der Waals surface area contributed by atoms with Gasteiger partial charge in [-0.25, -0.2) is 13.1 Å². The van der Waals surface area contributed by atoms with Gasteiger partial charge in [0, 0.05) is 12.6 Å². The van der Waals surface area contributed by atoms with Gasteiger partial charge in [0.05, 0.1) is 19.3 Å². The normalized spacial score (nSPS) is 11.4. The van der Waals surface area contributed by atoms with Crippen LogP contribution in [0.5, 0.6) is 5.75 Å². The van der Waals surface area contributed by atoms with Crippen molar-refractivity contribution in [3.05, 3.63) is 65.2 Å². The molecule has 2 N–H and O–H groups in total. The summed E-state index contributed by atoms with van der Waals surface area (Å²) in [5.41, 5.74) is 2.34. The van der Waals surface area contributed by atoms with Crippen LogP contribution in [0.4, 0.5) is 0 Å². The lowest BCUT2D eigenvalue weighted by Crippen LogP contribution is -2.32. The summed E-state index contributed by atoms with van der Waals surface area (Å²) in [4.78, 5) is 12.2. The number of sulfonamides is 1. The Morgan fingerprint density at radius 2 is 1.67 bits per heavy atom. The second-order valence-electron chi connectivity index (χ2n) is 6.60. The number of methoxy groups -OCH3 is 1. The fourth-order valence-corrected chi connectivity index (χ4v) is 4.15. The second-order valence-corrected chi connectivity index (χ2v) is 8.36. The molecule has 0 aromatic heterocycles. The smallest absolute Gasteiger partial charge is 0.224 e. The Morgan fingerprint density at radius 3 is 2.26 bits per heavy atom. The molecule has 0 spiro atoms. The Balaban J connectivity index is 1.98. The molecule has 6 nitrogen and oxygen atoms in total. The monoisotopic (exact) mass is 390 g/mol. The maximum atomic E-state index is 12.2. The lowest BCUT2D eigenvalue weighted by molar-refractivity contribution is -0.120. The third kappa shape index (κ3) is 7.03. The Labute approximate surface area is 161 Å². The van der Waals surface area contributed by atoms with Gasteiger partial charge in [0.1, 0.15) is 5.75 Å². The van der Waals surface area contributed by atoms with Gasteiger partial charge in [0.25, 0.3) is 0 Å². The Morgan fingerprint density at radius 1 is 1.04 bits per heavy atom. The summed E-state index contributed by atoms with van der Waals surface area (Å²) in [6.45, 7) is 3.84.